The van der Waals surface area contributed by atoms with Crippen LogP contribution in [0.25, 0.3) is 0 Å². The van der Waals surface area contributed by atoms with Crippen molar-refractivity contribution in [3.8, 4) is 6.07 Å². The van der Waals surface area contributed by atoms with Gasteiger partial charge in [-0.25, -0.2) is 0 Å². The van der Waals surface area contributed by atoms with E-state index in [4.69, 9.17) is 11.0 Å². The molecule has 2 atom stereocenters. The molecule has 0 heterocycles. The number of benzene rings is 1. The van der Waals surface area contributed by atoms with E-state index in [0.717, 1.165) is 0 Å². The summed E-state index contributed by atoms with van der Waals surface area (Å²) in [6.45, 7) is 1.61. The Bertz CT molecular complexity index is 510. The molecule has 0 saturated heterocycles. The third kappa shape index (κ3) is 2.74. The topological polar surface area (TPSA) is 133 Å². The van der Waals surface area contributed by atoms with Gasteiger partial charge in [0.2, 0.25) is 0 Å². The van der Waals surface area contributed by atoms with Crippen LogP contribution in [-0.4, -0.2) is 21.2 Å². The predicted molar refractivity (Wildman–Crippen MR) is 63.4 cm³/mol. The maximum Gasteiger partial charge on any atom is 0.292 e. The fourth-order valence-electron chi connectivity index (χ4n) is 1.61. The fraction of sp³-hybridized carbons (Fsp3) is 0.364. The highest BCUT2D eigenvalue weighted by Crippen LogP contribution is 2.33. The van der Waals surface area contributed by atoms with E-state index in [0.29, 0.717) is 5.56 Å². The highest BCUT2D eigenvalue weighted by molar-refractivity contribution is 5.65. The number of rotatable bonds is 4. The molecule has 0 aliphatic heterocycles. The monoisotopic (exact) mass is 251 g/mol. The number of nitriles is 1. The van der Waals surface area contributed by atoms with Crippen molar-refractivity contribution in [3.05, 3.63) is 33.4 Å². The van der Waals surface area contributed by atoms with Gasteiger partial charge in [-0.3, -0.25) is 10.1 Å². The Morgan fingerprint density at radius 1 is 1.56 bits per heavy atom. The van der Waals surface area contributed by atoms with Gasteiger partial charge in [0.05, 0.1) is 23.5 Å². The largest absolute Gasteiger partial charge is 0.393 e. The van der Waals surface area contributed by atoms with Crippen molar-refractivity contribution in [3.63, 3.8) is 0 Å². The lowest BCUT2D eigenvalue weighted by atomic mass is 9.98. The summed E-state index contributed by atoms with van der Waals surface area (Å²) < 4.78 is 0. The van der Waals surface area contributed by atoms with Gasteiger partial charge in [0.1, 0.15) is 11.8 Å². The second-order valence-electron chi connectivity index (χ2n) is 3.92. The fourth-order valence-corrected chi connectivity index (χ4v) is 1.61. The first-order valence-corrected chi connectivity index (χ1v) is 5.16. The van der Waals surface area contributed by atoms with Crippen LogP contribution in [0.4, 0.5) is 11.4 Å². The predicted octanol–water partition coefficient (Wildman–Crippen LogP) is 0.793. The zero-order valence-electron chi connectivity index (χ0n) is 9.70. The van der Waals surface area contributed by atoms with E-state index in [1.54, 1.807) is 13.0 Å². The van der Waals surface area contributed by atoms with Gasteiger partial charge >= 0.3 is 0 Å². The van der Waals surface area contributed by atoms with Crippen molar-refractivity contribution in [1.82, 2.24) is 0 Å². The molecule has 1 rings (SSSR count). The standard InChI is InChI=1S/C11H13N3O4/c1-6-4-7(11(16)9(15)2-3-12)10(13)8(5-6)14(17)18/h4-5,9,11,15-16H,2,13H2,1H3. The lowest BCUT2D eigenvalue weighted by Crippen LogP contribution is -2.19. The van der Waals surface area contributed by atoms with Crippen molar-refractivity contribution in [1.29, 1.82) is 5.26 Å². The molecule has 0 bridgehead atoms. The molecule has 2 unspecified atom stereocenters. The van der Waals surface area contributed by atoms with Crippen LogP contribution in [0.1, 0.15) is 23.7 Å². The second-order valence-corrected chi connectivity index (χ2v) is 3.92. The summed E-state index contributed by atoms with van der Waals surface area (Å²) in [6.07, 6.45) is -3.05. The summed E-state index contributed by atoms with van der Waals surface area (Å²) in [6, 6.07) is 4.44. The molecule has 0 aliphatic carbocycles. The zero-order valence-corrected chi connectivity index (χ0v) is 9.70. The minimum Gasteiger partial charge on any atom is -0.393 e. The summed E-state index contributed by atoms with van der Waals surface area (Å²) in [5, 5.41) is 38.6. The third-order valence-electron chi connectivity index (χ3n) is 2.51. The average Bonchev–Trinajstić information content (AvgIpc) is 2.30. The first kappa shape index (κ1) is 13.9. The Labute approximate surface area is 103 Å². The molecule has 0 radical (unpaired) electrons. The first-order chi connectivity index (χ1) is 8.38. The molecule has 96 valence electrons. The van der Waals surface area contributed by atoms with Crippen LogP contribution < -0.4 is 5.73 Å². The molecule has 0 fully saturated rings. The van der Waals surface area contributed by atoms with Gasteiger partial charge in [-0.05, 0) is 12.5 Å². The molecule has 4 N–H and O–H groups in total. The highest BCUT2D eigenvalue weighted by Gasteiger charge is 2.25. The summed E-state index contributed by atoms with van der Waals surface area (Å²) in [4.78, 5) is 10.1. The van der Waals surface area contributed by atoms with Crippen molar-refractivity contribution in [2.45, 2.75) is 25.6 Å². The van der Waals surface area contributed by atoms with Gasteiger partial charge in [-0.1, -0.05) is 6.07 Å². The Kier molecular flexibility index (Phi) is 4.20. The maximum atomic E-state index is 10.8. The Hall–Kier alpha value is -2.17. The third-order valence-corrected chi connectivity index (χ3v) is 2.51. The van der Waals surface area contributed by atoms with E-state index >= 15 is 0 Å². The van der Waals surface area contributed by atoms with Crippen LogP contribution in [0.5, 0.6) is 0 Å². The minimum absolute atomic E-state index is 0.0597. The van der Waals surface area contributed by atoms with E-state index in [-0.39, 0.29) is 23.4 Å². The number of hydrogen-bond acceptors (Lipinski definition) is 6. The molecule has 0 saturated carbocycles. The van der Waals surface area contributed by atoms with E-state index in [1.807, 2.05) is 0 Å². The molecule has 18 heavy (non-hydrogen) atoms. The van der Waals surface area contributed by atoms with Crippen LogP contribution in [-0.2, 0) is 0 Å². The molecule has 0 spiro atoms. The van der Waals surface area contributed by atoms with Gasteiger partial charge < -0.3 is 15.9 Å². The second kappa shape index (κ2) is 5.44. The lowest BCUT2D eigenvalue weighted by Gasteiger charge is -2.18. The molecule has 7 nitrogen and oxygen atoms in total. The van der Waals surface area contributed by atoms with E-state index in [2.05, 4.69) is 0 Å². The summed E-state index contributed by atoms with van der Waals surface area (Å²) >= 11 is 0. The van der Waals surface area contributed by atoms with Gasteiger partial charge in [0.25, 0.3) is 5.69 Å². The van der Waals surface area contributed by atoms with Gasteiger partial charge in [0, 0.05) is 11.6 Å². The van der Waals surface area contributed by atoms with Gasteiger partial charge in [-0.2, -0.15) is 5.26 Å². The van der Waals surface area contributed by atoms with Gasteiger partial charge in [-0.15, -0.1) is 0 Å². The molecule has 0 amide bonds. The highest BCUT2D eigenvalue weighted by atomic mass is 16.6. The SMILES string of the molecule is Cc1cc(C(O)C(O)CC#N)c(N)c([N+](=O)[O-])c1. The number of aryl methyl sites for hydroxylation is 1. The Balaban J connectivity index is 3.25. The summed E-state index contributed by atoms with van der Waals surface area (Å²) in [5.74, 6) is 0. The van der Waals surface area contributed by atoms with E-state index in [9.17, 15) is 20.3 Å². The molecule has 0 aliphatic rings. The number of nitrogen functional groups attached to an aromatic ring is 1. The van der Waals surface area contributed by atoms with E-state index in [1.165, 1.54) is 12.1 Å². The van der Waals surface area contributed by atoms with Crippen molar-refractivity contribution in [2.75, 3.05) is 5.73 Å². The number of nitro groups is 1. The Morgan fingerprint density at radius 2 is 2.17 bits per heavy atom. The number of aliphatic hydroxyl groups excluding tert-OH is 2. The zero-order chi connectivity index (χ0) is 13.9. The molecular weight excluding hydrogens is 238 g/mol. The number of aliphatic hydroxyl groups is 2. The molecule has 7 heteroatoms. The minimum atomic E-state index is -1.43. The molecule has 1 aromatic carbocycles. The summed E-state index contributed by atoms with van der Waals surface area (Å²) in [5.41, 5.74) is 5.66. The molecular formula is C11H13N3O4. The molecule has 1 aromatic rings. The number of anilines is 1. The number of nitrogens with zero attached hydrogens (tertiary/aromatic N) is 2. The smallest absolute Gasteiger partial charge is 0.292 e. The van der Waals surface area contributed by atoms with Crippen LogP contribution in [0.3, 0.4) is 0 Å². The van der Waals surface area contributed by atoms with Gasteiger partial charge in [0.15, 0.2) is 0 Å². The average molecular weight is 251 g/mol. The van der Waals surface area contributed by atoms with Crippen LogP contribution in [0, 0.1) is 28.4 Å². The number of nitrogens with two attached hydrogens (primary N) is 1. The van der Waals surface area contributed by atoms with Crippen molar-refractivity contribution in [2.24, 2.45) is 0 Å². The van der Waals surface area contributed by atoms with Crippen LogP contribution >= 0.6 is 0 Å². The lowest BCUT2D eigenvalue weighted by molar-refractivity contribution is -0.384. The van der Waals surface area contributed by atoms with Crippen LogP contribution in [0.15, 0.2) is 12.1 Å². The molecule has 0 aromatic heterocycles. The normalized spacial score (nSPS) is 13.7. The first-order valence-electron chi connectivity index (χ1n) is 5.16. The summed E-state index contributed by atoms with van der Waals surface area (Å²) in [7, 11) is 0. The number of hydrogen-bond donors (Lipinski definition) is 3. The quantitative estimate of drug-likeness (QED) is 0.411. The maximum absolute atomic E-state index is 10.8. The Morgan fingerprint density at radius 3 is 2.67 bits per heavy atom. The van der Waals surface area contributed by atoms with E-state index < -0.39 is 17.1 Å². The number of nitro benzene ring substituents is 1. The van der Waals surface area contributed by atoms with Crippen LogP contribution in [0.2, 0.25) is 0 Å². The van der Waals surface area contributed by atoms with Crippen molar-refractivity contribution >= 4 is 11.4 Å². The van der Waals surface area contributed by atoms with Crippen molar-refractivity contribution < 1.29 is 15.1 Å².